The summed E-state index contributed by atoms with van der Waals surface area (Å²) < 4.78 is 5.54. The summed E-state index contributed by atoms with van der Waals surface area (Å²) in [6.45, 7) is 3.21. The zero-order valence-electron chi connectivity index (χ0n) is 11.9. The predicted octanol–water partition coefficient (Wildman–Crippen LogP) is 3.46. The first-order valence-electron chi connectivity index (χ1n) is 7.67. The van der Waals surface area contributed by atoms with Gasteiger partial charge in [-0.15, -0.1) is 0 Å². The lowest BCUT2D eigenvalue weighted by molar-refractivity contribution is 0.00445. The third kappa shape index (κ3) is 3.88. The molecule has 3 heteroatoms. The van der Waals surface area contributed by atoms with Gasteiger partial charge in [0.2, 0.25) is 0 Å². The maximum absolute atomic E-state index is 5.54. The Morgan fingerprint density at radius 1 is 1.17 bits per heavy atom. The highest BCUT2D eigenvalue weighted by molar-refractivity contribution is 7.98. The fourth-order valence-electron chi connectivity index (χ4n) is 3.66. The Morgan fingerprint density at radius 2 is 2.00 bits per heavy atom. The van der Waals surface area contributed by atoms with Gasteiger partial charge in [-0.05, 0) is 62.5 Å². The lowest BCUT2D eigenvalue weighted by atomic mass is 9.75. The third-order valence-electron chi connectivity index (χ3n) is 4.81. The van der Waals surface area contributed by atoms with Gasteiger partial charge in [-0.3, -0.25) is 0 Å². The molecule has 1 aliphatic heterocycles. The lowest BCUT2D eigenvalue weighted by Crippen LogP contribution is -2.45. The fourth-order valence-corrected chi connectivity index (χ4v) is 4.15. The minimum Gasteiger partial charge on any atom is -0.381 e. The van der Waals surface area contributed by atoms with E-state index in [2.05, 4.69) is 11.6 Å². The Kier molecular flexibility index (Phi) is 6.33. The molecule has 2 nitrogen and oxygen atoms in total. The summed E-state index contributed by atoms with van der Waals surface area (Å²) in [6, 6.07) is 0.780. The van der Waals surface area contributed by atoms with E-state index in [1.807, 2.05) is 11.8 Å². The zero-order chi connectivity index (χ0) is 12.7. The molecule has 1 saturated heterocycles. The second-order valence-corrected chi connectivity index (χ2v) is 6.91. The first-order valence-corrected chi connectivity index (χ1v) is 9.07. The Bertz CT molecular complexity index is 229. The van der Waals surface area contributed by atoms with Crippen LogP contribution in [0.5, 0.6) is 0 Å². The van der Waals surface area contributed by atoms with Crippen molar-refractivity contribution in [1.29, 1.82) is 0 Å². The second-order valence-electron chi connectivity index (χ2n) is 5.93. The van der Waals surface area contributed by atoms with Crippen molar-refractivity contribution in [3.8, 4) is 0 Å². The van der Waals surface area contributed by atoms with Gasteiger partial charge in [0.05, 0.1) is 0 Å². The standard InChI is InChI=1S/C15H29NOS/c1-18-13-4-2-3-10-16-14-6-5-7-15(14)8-11-17-12-9-15/h14,16H,2-13H2,1H3. The third-order valence-corrected chi connectivity index (χ3v) is 5.51. The van der Waals surface area contributed by atoms with Crippen LogP contribution in [0.4, 0.5) is 0 Å². The van der Waals surface area contributed by atoms with E-state index >= 15 is 0 Å². The molecule has 0 radical (unpaired) electrons. The van der Waals surface area contributed by atoms with Crippen molar-refractivity contribution in [1.82, 2.24) is 5.32 Å². The van der Waals surface area contributed by atoms with Crippen molar-refractivity contribution in [2.45, 2.75) is 57.4 Å². The largest absolute Gasteiger partial charge is 0.381 e. The van der Waals surface area contributed by atoms with E-state index in [4.69, 9.17) is 4.74 Å². The van der Waals surface area contributed by atoms with Crippen molar-refractivity contribution in [2.75, 3.05) is 31.8 Å². The zero-order valence-corrected chi connectivity index (χ0v) is 12.7. The number of unbranched alkanes of at least 4 members (excludes halogenated alkanes) is 2. The number of hydrogen-bond acceptors (Lipinski definition) is 3. The van der Waals surface area contributed by atoms with Crippen molar-refractivity contribution >= 4 is 11.8 Å². The average Bonchev–Trinajstić information content (AvgIpc) is 2.77. The molecule has 1 aliphatic carbocycles. The molecule has 0 amide bonds. The monoisotopic (exact) mass is 271 g/mol. The molecule has 0 aromatic heterocycles. The summed E-state index contributed by atoms with van der Waals surface area (Å²) in [5.74, 6) is 1.32. The number of hydrogen-bond donors (Lipinski definition) is 1. The van der Waals surface area contributed by atoms with Gasteiger partial charge >= 0.3 is 0 Å². The molecule has 1 saturated carbocycles. The summed E-state index contributed by atoms with van der Waals surface area (Å²) in [5, 5.41) is 3.86. The maximum atomic E-state index is 5.54. The van der Waals surface area contributed by atoms with Crippen molar-refractivity contribution in [3.63, 3.8) is 0 Å². The topological polar surface area (TPSA) is 21.3 Å². The molecule has 1 spiro atoms. The van der Waals surface area contributed by atoms with E-state index < -0.39 is 0 Å². The molecule has 1 heterocycles. The summed E-state index contributed by atoms with van der Waals surface area (Å²) in [6.07, 6.45) is 13.1. The summed E-state index contributed by atoms with van der Waals surface area (Å²) in [4.78, 5) is 0. The van der Waals surface area contributed by atoms with Gasteiger partial charge in [-0.25, -0.2) is 0 Å². The molecule has 106 valence electrons. The smallest absolute Gasteiger partial charge is 0.0471 e. The normalized spacial score (nSPS) is 26.8. The van der Waals surface area contributed by atoms with Crippen LogP contribution in [-0.2, 0) is 4.74 Å². The summed E-state index contributed by atoms with van der Waals surface area (Å²) in [7, 11) is 0. The van der Waals surface area contributed by atoms with Crippen molar-refractivity contribution in [2.24, 2.45) is 5.41 Å². The van der Waals surface area contributed by atoms with E-state index in [0.717, 1.165) is 19.3 Å². The molecule has 0 bridgehead atoms. The first kappa shape index (κ1) is 14.7. The Hall–Kier alpha value is 0.270. The molecular formula is C15H29NOS. The van der Waals surface area contributed by atoms with Crippen LogP contribution in [-0.4, -0.2) is 37.8 Å². The summed E-state index contributed by atoms with van der Waals surface area (Å²) >= 11 is 1.97. The van der Waals surface area contributed by atoms with E-state index in [1.165, 1.54) is 63.7 Å². The molecule has 1 unspecified atom stereocenters. The van der Waals surface area contributed by atoms with Crippen LogP contribution in [0.1, 0.15) is 51.4 Å². The molecule has 0 aromatic rings. The molecule has 2 rings (SSSR count). The highest BCUT2D eigenvalue weighted by Gasteiger charge is 2.43. The molecule has 0 aromatic carbocycles. The Morgan fingerprint density at radius 3 is 2.78 bits per heavy atom. The lowest BCUT2D eigenvalue weighted by Gasteiger charge is -2.39. The number of nitrogens with one attached hydrogen (secondary N) is 1. The fraction of sp³-hybridized carbons (Fsp3) is 1.00. The van der Waals surface area contributed by atoms with Crippen LogP contribution < -0.4 is 5.32 Å². The number of ether oxygens (including phenoxy) is 1. The quantitative estimate of drug-likeness (QED) is 0.717. The minimum absolute atomic E-state index is 0.595. The van der Waals surface area contributed by atoms with Crippen LogP contribution in [0, 0.1) is 5.41 Å². The van der Waals surface area contributed by atoms with Gasteiger partial charge in [-0.1, -0.05) is 12.8 Å². The molecule has 18 heavy (non-hydrogen) atoms. The molecule has 1 atom stereocenters. The van der Waals surface area contributed by atoms with E-state index in [-0.39, 0.29) is 0 Å². The highest BCUT2D eigenvalue weighted by Crippen LogP contribution is 2.45. The Labute approximate surface area is 117 Å². The van der Waals surface area contributed by atoms with Crippen LogP contribution in [0.15, 0.2) is 0 Å². The molecular weight excluding hydrogens is 242 g/mol. The molecule has 2 aliphatic rings. The van der Waals surface area contributed by atoms with E-state index in [1.54, 1.807) is 0 Å². The van der Waals surface area contributed by atoms with Crippen LogP contribution in [0.3, 0.4) is 0 Å². The van der Waals surface area contributed by atoms with E-state index in [0.29, 0.717) is 5.41 Å². The molecule has 2 fully saturated rings. The van der Waals surface area contributed by atoms with E-state index in [9.17, 15) is 0 Å². The average molecular weight is 271 g/mol. The predicted molar refractivity (Wildman–Crippen MR) is 80.4 cm³/mol. The second kappa shape index (κ2) is 7.76. The number of rotatable bonds is 7. The maximum Gasteiger partial charge on any atom is 0.0471 e. The van der Waals surface area contributed by atoms with Gasteiger partial charge < -0.3 is 10.1 Å². The minimum atomic E-state index is 0.595. The van der Waals surface area contributed by atoms with Gasteiger partial charge in [-0.2, -0.15) is 11.8 Å². The van der Waals surface area contributed by atoms with Gasteiger partial charge in [0.1, 0.15) is 0 Å². The van der Waals surface area contributed by atoms with Crippen molar-refractivity contribution in [3.05, 3.63) is 0 Å². The highest BCUT2D eigenvalue weighted by atomic mass is 32.2. The van der Waals surface area contributed by atoms with Crippen LogP contribution in [0.25, 0.3) is 0 Å². The van der Waals surface area contributed by atoms with Gasteiger partial charge in [0.25, 0.3) is 0 Å². The number of thioether (sulfide) groups is 1. The van der Waals surface area contributed by atoms with Crippen LogP contribution >= 0.6 is 11.8 Å². The molecule has 1 N–H and O–H groups in total. The first-order chi connectivity index (χ1) is 8.87. The Balaban J connectivity index is 1.65. The van der Waals surface area contributed by atoms with Crippen LogP contribution in [0.2, 0.25) is 0 Å². The summed E-state index contributed by atoms with van der Waals surface area (Å²) in [5.41, 5.74) is 0.595. The van der Waals surface area contributed by atoms with Gasteiger partial charge in [0, 0.05) is 19.3 Å². The van der Waals surface area contributed by atoms with Crippen molar-refractivity contribution < 1.29 is 4.74 Å². The SMILES string of the molecule is CSCCCCCNC1CCCC12CCOCC2. The van der Waals surface area contributed by atoms with Gasteiger partial charge in [0.15, 0.2) is 0 Å².